The maximum Gasteiger partial charge on any atom is 0.415 e. The number of amides is 1. The maximum atomic E-state index is 11.9. The smallest absolute Gasteiger partial charge is 0.415 e. The summed E-state index contributed by atoms with van der Waals surface area (Å²) in [5.74, 6) is 1.39. The summed E-state index contributed by atoms with van der Waals surface area (Å²) in [6.45, 7) is 4.46. The molecule has 0 aromatic heterocycles. The van der Waals surface area contributed by atoms with Gasteiger partial charge < -0.3 is 14.4 Å². The Morgan fingerprint density at radius 1 is 1.10 bits per heavy atom. The lowest BCUT2D eigenvalue weighted by atomic mass is 10.1. The average molecular weight is 277 g/mol. The lowest BCUT2D eigenvalue weighted by molar-refractivity contribution is 0.142. The Labute approximate surface area is 120 Å². The van der Waals surface area contributed by atoms with Crippen molar-refractivity contribution in [1.29, 1.82) is 0 Å². The van der Waals surface area contributed by atoms with Gasteiger partial charge in [0.25, 0.3) is 0 Å². The summed E-state index contributed by atoms with van der Waals surface area (Å²) in [5.41, 5.74) is 0. The van der Waals surface area contributed by atoms with Gasteiger partial charge in [0.15, 0.2) is 0 Å². The maximum absolute atomic E-state index is 11.9. The fraction of sp³-hybridized carbons (Fsp3) is 0.562. The highest BCUT2D eigenvalue weighted by atomic mass is 16.6. The third kappa shape index (κ3) is 4.44. The quantitative estimate of drug-likeness (QED) is 0.767. The molecule has 0 bridgehead atoms. The highest BCUT2D eigenvalue weighted by molar-refractivity contribution is 5.70. The number of nitrogens with zero attached hydrogens (tertiary/aromatic N) is 1. The van der Waals surface area contributed by atoms with E-state index in [1.807, 2.05) is 12.1 Å². The molecule has 0 unspecified atom stereocenters. The van der Waals surface area contributed by atoms with Gasteiger partial charge in [-0.15, -0.1) is 0 Å². The zero-order valence-electron chi connectivity index (χ0n) is 12.1. The summed E-state index contributed by atoms with van der Waals surface area (Å²) < 4.78 is 10.9. The molecule has 1 aliphatic heterocycles. The van der Waals surface area contributed by atoms with Crippen LogP contribution in [0.4, 0.5) is 4.79 Å². The van der Waals surface area contributed by atoms with Gasteiger partial charge in [-0.05, 0) is 49.9 Å². The number of rotatable bonds is 5. The molecule has 20 heavy (non-hydrogen) atoms. The summed E-state index contributed by atoms with van der Waals surface area (Å²) in [7, 11) is 0. The molecule has 0 N–H and O–H groups in total. The Balaban J connectivity index is 1.81. The number of carbonyl (C=O) groups excluding carboxylic acids is 1. The molecule has 1 aromatic rings. The van der Waals surface area contributed by atoms with E-state index in [-0.39, 0.29) is 6.09 Å². The van der Waals surface area contributed by atoms with E-state index in [9.17, 15) is 4.79 Å². The van der Waals surface area contributed by atoms with Crippen molar-refractivity contribution in [3.8, 4) is 11.5 Å². The van der Waals surface area contributed by atoms with Crippen LogP contribution in [0.2, 0.25) is 0 Å². The van der Waals surface area contributed by atoms with Gasteiger partial charge >= 0.3 is 6.09 Å². The standard InChI is InChI=1S/C16H23NO3/c1-2-3-13-19-14-7-9-15(10-8-14)20-16(18)17-11-5-4-6-12-17/h7-10H,2-6,11-13H2,1H3. The first kappa shape index (κ1) is 14.7. The van der Waals surface area contributed by atoms with Crippen molar-refractivity contribution in [3.63, 3.8) is 0 Å². The number of benzene rings is 1. The number of unbranched alkanes of at least 4 members (excludes halogenated alkanes) is 1. The molecular formula is C16H23NO3. The van der Waals surface area contributed by atoms with Gasteiger partial charge in [-0.25, -0.2) is 4.79 Å². The molecule has 0 spiro atoms. The second-order valence-corrected chi connectivity index (χ2v) is 5.09. The number of carbonyl (C=O) groups is 1. The second-order valence-electron chi connectivity index (χ2n) is 5.09. The van der Waals surface area contributed by atoms with E-state index in [1.165, 1.54) is 6.42 Å². The second kappa shape index (κ2) is 7.78. The fourth-order valence-corrected chi connectivity index (χ4v) is 2.18. The molecule has 1 fully saturated rings. The molecule has 0 atom stereocenters. The predicted molar refractivity (Wildman–Crippen MR) is 78.3 cm³/mol. The van der Waals surface area contributed by atoms with Crippen molar-refractivity contribution in [1.82, 2.24) is 4.90 Å². The Hall–Kier alpha value is -1.71. The molecular weight excluding hydrogens is 254 g/mol. The number of hydrogen-bond donors (Lipinski definition) is 0. The van der Waals surface area contributed by atoms with Gasteiger partial charge in [0.1, 0.15) is 11.5 Å². The van der Waals surface area contributed by atoms with Crippen LogP contribution in [0.1, 0.15) is 39.0 Å². The SMILES string of the molecule is CCCCOc1ccc(OC(=O)N2CCCCC2)cc1. The van der Waals surface area contributed by atoms with Gasteiger partial charge in [0.05, 0.1) is 6.61 Å². The van der Waals surface area contributed by atoms with Crippen LogP contribution in [0.3, 0.4) is 0 Å². The van der Waals surface area contributed by atoms with Gasteiger partial charge in [0, 0.05) is 13.1 Å². The number of piperidine rings is 1. The summed E-state index contributed by atoms with van der Waals surface area (Å²) >= 11 is 0. The third-order valence-corrected chi connectivity index (χ3v) is 3.41. The van der Waals surface area contributed by atoms with Gasteiger partial charge in [-0.3, -0.25) is 0 Å². The number of ether oxygens (including phenoxy) is 2. The molecule has 0 aliphatic carbocycles. The molecule has 1 aliphatic rings. The van der Waals surface area contributed by atoms with Gasteiger partial charge in [-0.2, -0.15) is 0 Å². The van der Waals surface area contributed by atoms with E-state index >= 15 is 0 Å². The van der Waals surface area contributed by atoms with E-state index < -0.39 is 0 Å². The van der Waals surface area contributed by atoms with Crippen LogP contribution in [-0.2, 0) is 0 Å². The monoisotopic (exact) mass is 277 g/mol. The van der Waals surface area contributed by atoms with Crippen molar-refractivity contribution in [3.05, 3.63) is 24.3 Å². The molecule has 1 amide bonds. The van der Waals surface area contributed by atoms with Crippen LogP contribution in [0.5, 0.6) is 11.5 Å². The lowest BCUT2D eigenvalue weighted by Gasteiger charge is -2.25. The minimum Gasteiger partial charge on any atom is -0.494 e. The number of hydrogen-bond acceptors (Lipinski definition) is 3. The van der Waals surface area contributed by atoms with Crippen LogP contribution in [0, 0.1) is 0 Å². The van der Waals surface area contributed by atoms with E-state index in [4.69, 9.17) is 9.47 Å². The minimum absolute atomic E-state index is 0.246. The van der Waals surface area contributed by atoms with E-state index in [0.717, 1.165) is 51.1 Å². The third-order valence-electron chi connectivity index (χ3n) is 3.41. The largest absolute Gasteiger partial charge is 0.494 e. The molecule has 0 radical (unpaired) electrons. The molecule has 1 heterocycles. The van der Waals surface area contributed by atoms with E-state index in [2.05, 4.69) is 6.92 Å². The fourth-order valence-electron chi connectivity index (χ4n) is 2.18. The molecule has 1 aromatic carbocycles. The van der Waals surface area contributed by atoms with Crippen molar-refractivity contribution in [2.75, 3.05) is 19.7 Å². The Morgan fingerprint density at radius 2 is 1.75 bits per heavy atom. The van der Waals surface area contributed by atoms with E-state index in [0.29, 0.717) is 5.75 Å². The van der Waals surface area contributed by atoms with Gasteiger partial charge in [0.2, 0.25) is 0 Å². The van der Waals surface area contributed by atoms with Crippen LogP contribution in [-0.4, -0.2) is 30.7 Å². The summed E-state index contributed by atoms with van der Waals surface area (Å²) in [6.07, 6.45) is 5.26. The Kier molecular flexibility index (Phi) is 5.71. The topological polar surface area (TPSA) is 38.8 Å². The molecule has 4 heteroatoms. The van der Waals surface area contributed by atoms with Gasteiger partial charge in [-0.1, -0.05) is 13.3 Å². The van der Waals surface area contributed by atoms with Crippen LogP contribution in [0.15, 0.2) is 24.3 Å². The Bertz CT molecular complexity index is 410. The molecule has 0 saturated carbocycles. The van der Waals surface area contributed by atoms with Crippen molar-refractivity contribution in [2.45, 2.75) is 39.0 Å². The van der Waals surface area contributed by atoms with Crippen LogP contribution < -0.4 is 9.47 Å². The van der Waals surface area contributed by atoms with Crippen LogP contribution >= 0.6 is 0 Å². The average Bonchev–Trinajstić information content (AvgIpc) is 2.50. The lowest BCUT2D eigenvalue weighted by Crippen LogP contribution is -2.37. The first-order valence-corrected chi connectivity index (χ1v) is 7.49. The zero-order valence-corrected chi connectivity index (χ0v) is 12.1. The highest BCUT2D eigenvalue weighted by Gasteiger charge is 2.18. The Morgan fingerprint density at radius 3 is 2.40 bits per heavy atom. The normalized spacial score (nSPS) is 14.9. The highest BCUT2D eigenvalue weighted by Crippen LogP contribution is 2.19. The minimum atomic E-state index is -0.246. The van der Waals surface area contributed by atoms with Crippen LogP contribution in [0.25, 0.3) is 0 Å². The summed E-state index contributed by atoms with van der Waals surface area (Å²) in [5, 5.41) is 0. The molecule has 1 saturated heterocycles. The van der Waals surface area contributed by atoms with E-state index in [1.54, 1.807) is 17.0 Å². The molecule has 4 nitrogen and oxygen atoms in total. The number of likely N-dealkylation sites (tertiary alicyclic amines) is 1. The first-order valence-electron chi connectivity index (χ1n) is 7.49. The first-order chi connectivity index (χ1) is 9.79. The molecule has 110 valence electrons. The van der Waals surface area contributed by atoms with Crippen molar-refractivity contribution >= 4 is 6.09 Å². The zero-order chi connectivity index (χ0) is 14.2. The summed E-state index contributed by atoms with van der Waals surface area (Å²) in [6, 6.07) is 7.25. The van der Waals surface area contributed by atoms with Crippen molar-refractivity contribution in [2.24, 2.45) is 0 Å². The van der Waals surface area contributed by atoms with Crippen molar-refractivity contribution < 1.29 is 14.3 Å². The molecule has 2 rings (SSSR count). The predicted octanol–water partition coefficient (Wildman–Crippen LogP) is 3.85. The summed E-state index contributed by atoms with van der Waals surface area (Å²) in [4.78, 5) is 13.7.